The molecule has 0 amide bonds. The molecule has 0 fully saturated rings. The van der Waals surface area contributed by atoms with Crippen LogP contribution in [0.2, 0.25) is 0 Å². The van der Waals surface area contributed by atoms with Crippen LogP contribution in [0.5, 0.6) is 5.75 Å². The highest BCUT2D eigenvalue weighted by atomic mass is 32.1. The van der Waals surface area contributed by atoms with Crippen LogP contribution < -0.4 is 0 Å². The van der Waals surface area contributed by atoms with Crippen LogP contribution in [0.1, 0.15) is 16.5 Å². The van der Waals surface area contributed by atoms with E-state index in [0.29, 0.717) is 12.4 Å². The molecule has 4 heteroatoms. The van der Waals surface area contributed by atoms with Crippen molar-refractivity contribution in [1.29, 1.82) is 0 Å². The molecule has 86 valence electrons. The molecule has 1 aliphatic rings. The third kappa shape index (κ3) is 2.03. The molecule has 1 aromatic carbocycles. The molecular formula is C13H11NO2S. The summed E-state index contributed by atoms with van der Waals surface area (Å²) in [5.74, 6) is 0.962. The molecular weight excluding hydrogens is 234 g/mol. The Labute approximate surface area is 103 Å². The van der Waals surface area contributed by atoms with Gasteiger partial charge in [-0.2, -0.15) is 0 Å². The van der Waals surface area contributed by atoms with Crippen molar-refractivity contribution in [3.05, 3.63) is 52.2 Å². The second kappa shape index (κ2) is 4.22. The Morgan fingerprint density at radius 3 is 3.00 bits per heavy atom. The molecule has 17 heavy (non-hydrogen) atoms. The lowest BCUT2D eigenvalue weighted by Gasteiger charge is -2.11. The van der Waals surface area contributed by atoms with Gasteiger partial charge >= 0.3 is 0 Å². The van der Waals surface area contributed by atoms with Gasteiger partial charge in [-0.25, -0.2) is 4.99 Å². The van der Waals surface area contributed by atoms with E-state index in [-0.39, 0.29) is 11.9 Å². The lowest BCUT2D eigenvalue weighted by molar-refractivity contribution is 0.230. The van der Waals surface area contributed by atoms with Gasteiger partial charge < -0.3 is 9.84 Å². The number of aromatic hydroxyl groups is 1. The Morgan fingerprint density at radius 2 is 2.24 bits per heavy atom. The second-order valence-electron chi connectivity index (χ2n) is 3.82. The minimum Gasteiger partial charge on any atom is -0.508 e. The van der Waals surface area contributed by atoms with Crippen LogP contribution in [0.3, 0.4) is 0 Å². The fourth-order valence-electron chi connectivity index (χ4n) is 1.81. The number of hydrogen-bond acceptors (Lipinski definition) is 4. The minimum absolute atomic E-state index is 0.0841. The molecule has 0 aliphatic carbocycles. The Kier molecular flexibility index (Phi) is 2.57. The van der Waals surface area contributed by atoms with E-state index in [4.69, 9.17) is 4.74 Å². The van der Waals surface area contributed by atoms with Crippen molar-refractivity contribution in [3.63, 3.8) is 0 Å². The van der Waals surface area contributed by atoms with Crippen LogP contribution in [0.25, 0.3) is 0 Å². The van der Waals surface area contributed by atoms with Gasteiger partial charge in [0.2, 0.25) is 5.90 Å². The lowest BCUT2D eigenvalue weighted by atomic mass is 10.1. The molecule has 1 N–H and O–H groups in total. The average molecular weight is 245 g/mol. The molecule has 0 spiro atoms. The highest BCUT2D eigenvalue weighted by Crippen LogP contribution is 2.28. The van der Waals surface area contributed by atoms with E-state index >= 15 is 0 Å². The predicted molar refractivity (Wildman–Crippen MR) is 67.7 cm³/mol. The van der Waals surface area contributed by atoms with E-state index < -0.39 is 0 Å². The zero-order chi connectivity index (χ0) is 11.7. The molecule has 0 bridgehead atoms. The summed E-state index contributed by atoms with van der Waals surface area (Å²) in [7, 11) is 0. The van der Waals surface area contributed by atoms with Crippen molar-refractivity contribution in [2.75, 3.05) is 6.54 Å². The fourth-order valence-corrected chi connectivity index (χ4v) is 2.48. The predicted octanol–water partition coefficient (Wildman–Crippen LogP) is 2.97. The smallest absolute Gasteiger partial charge is 0.227 e. The third-order valence-corrected chi connectivity index (χ3v) is 3.49. The van der Waals surface area contributed by atoms with Gasteiger partial charge in [0.15, 0.2) is 0 Å². The molecule has 0 saturated carbocycles. The largest absolute Gasteiger partial charge is 0.508 e. The maximum atomic E-state index is 9.43. The Hall–Kier alpha value is -1.81. The van der Waals surface area contributed by atoms with E-state index in [0.717, 1.165) is 10.4 Å². The number of aliphatic imine (C=N–C) groups is 1. The van der Waals surface area contributed by atoms with Crippen LogP contribution in [0.4, 0.5) is 0 Å². The third-order valence-electron chi connectivity index (χ3n) is 2.63. The first kappa shape index (κ1) is 10.4. The van der Waals surface area contributed by atoms with Gasteiger partial charge in [0.1, 0.15) is 11.9 Å². The number of ether oxygens (including phenoxy) is 1. The minimum atomic E-state index is -0.0841. The summed E-state index contributed by atoms with van der Waals surface area (Å²) in [4.78, 5) is 5.44. The van der Waals surface area contributed by atoms with Crippen molar-refractivity contribution in [2.45, 2.75) is 6.10 Å². The van der Waals surface area contributed by atoms with Gasteiger partial charge in [0.05, 0.1) is 11.4 Å². The number of thiophene rings is 1. The van der Waals surface area contributed by atoms with Crippen molar-refractivity contribution >= 4 is 17.2 Å². The van der Waals surface area contributed by atoms with Gasteiger partial charge in [0, 0.05) is 0 Å². The topological polar surface area (TPSA) is 41.8 Å². The molecule has 2 heterocycles. The summed E-state index contributed by atoms with van der Waals surface area (Å²) < 4.78 is 5.80. The van der Waals surface area contributed by atoms with Gasteiger partial charge in [-0.05, 0) is 29.1 Å². The molecule has 1 unspecified atom stereocenters. The Balaban J connectivity index is 1.79. The molecule has 1 atom stereocenters. The van der Waals surface area contributed by atoms with Crippen LogP contribution in [-0.4, -0.2) is 17.5 Å². The van der Waals surface area contributed by atoms with Gasteiger partial charge in [-0.15, -0.1) is 11.3 Å². The standard InChI is InChI=1S/C13H11NO2S/c15-10-4-1-3-9(7-10)11-8-14-13(16-11)12-5-2-6-17-12/h1-7,11,15H,8H2. The van der Waals surface area contributed by atoms with Gasteiger partial charge in [-0.3, -0.25) is 0 Å². The number of nitrogens with zero attached hydrogens (tertiary/aromatic N) is 1. The summed E-state index contributed by atoms with van der Waals surface area (Å²) in [6.07, 6.45) is -0.0841. The number of phenolic OH excluding ortho intramolecular Hbond substituents is 1. The van der Waals surface area contributed by atoms with Crippen molar-refractivity contribution in [1.82, 2.24) is 0 Å². The van der Waals surface area contributed by atoms with Crippen molar-refractivity contribution in [3.8, 4) is 5.75 Å². The zero-order valence-electron chi connectivity index (χ0n) is 9.04. The summed E-state index contributed by atoms with van der Waals surface area (Å²) in [5, 5.41) is 11.4. The average Bonchev–Trinajstić information content (AvgIpc) is 3.00. The molecule has 1 aromatic heterocycles. The normalized spacial score (nSPS) is 18.8. The summed E-state index contributed by atoms with van der Waals surface area (Å²) in [6.45, 7) is 0.608. The number of benzene rings is 1. The second-order valence-corrected chi connectivity index (χ2v) is 4.77. The Bertz CT molecular complexity index is 548. The number of phenols is 1. The first-order valence-electron chi connectivity index (χ1n) is 5.37. The molecule has 2 aromatic rings. The van der Waals surface area contributed by atoms with Crippen molar-refractivity contribution < 1.29 is 9.84 Å². The van der Waals surface area contributed by atoms with Crippen LogP contribution in [-0.2, 0) is 4.74 Å². The quantitative estimate of drug-likeness (QED) is 0.883. The Morgan fingerprint density at radius 1 is 1.29 bits per heavy atom. The lowest BCUT2D eigenvalue weighted by Crippen LogP contribution is -2.04. The first-order valence-corrected chi connectivity index (χ1v) is 6.25. The SMILES string of the molecule is Oc1cccc(C2CN=C(c3cccs3)O2)c1. The molecule has 1 aliphatic heterocycles. The maximum absolute atomic E-state index is 9.43. The maximum Gasteiger partial charge on any atom is 0.227 e. The van der Waals surface area contributed by atoms with Crippen LogP contribution in [0.15, 0.2) is 46.8 Å². The highest BCUT2D eigenvalue weighted by molar-refractivity contribution is 7.12. The van der Waals surface area contributed by atoms with Gasteiger partial charge in [0.25, 0.3) is 0 Å². The number of rotatable bonds is 2. The van der Waals surface area contributed by atoms with Crippen LogP contribution in [0, 0.1) is 0 Å². The van der Waals surface area contributed by atoms with Gasteiger partial charge in [-0.1, -0.05) is 18.2 Å². The highest BCUT2D eigenvalue weighted by Gasteiger charge is 2.23. The summed E-state index contributed by atoms with van der Waals surface area (Å²) >= 11 is 1.62. The molecule has 0 radical (unpaired) electrons. The van der Waals surface area contributed by atoms with E-state index in [1.807, 2.05) is 29.6 Å². The molecule has 3 rings (SSSR count). The van der Waals surface area contributed by atoms with E-state index in [2.05, 4.69) is 4.99 Å². The monoisotopic (exact) mass is 245 g/mol. The van der Waals surface area contributed by atoms with Crippen molar-refractivity contribution in [2.24, 2.45) is 4.99 Å². The fraction of sp³-hybridized carbons (Fsp3) is 0.154. The summed E-state index contributed by atoms with van der Waals surface area (Å²) in [5.41, 5.74) is 0.959. The van der Waals surface area contributed by atoms with E-state index in [1.165, 1.54) is 0 Å². The first-order chi connectivity index (χ1) is 8.33. The molecule has 0 saturated heterocycles. The molecule has 3 nitrogen and oxygen atoms in total. The van der Waals surface area contributed by atoms with E-state index in [9.17, 15) is 5.11 Å². The van der Waals surface area contributed by atoms with E-state index in [1.54, 1.807) is 23.5 Å². The van der Waals surface area contributed by atoms with Crippen LogP contribution >= 0.6 is 11.3 Å². The summed E-state index contributed by atoms with van der Waals surface area (Å²) in [6, 6.07) is 11.1. The number of hydrogen-bond donors (Lipinski definition) is 1. The zero-order valence-corrected chi connectivity index (χ0v) is 9.85.